The van der Waals surface area contributed by atoms with Crippen LogP contribution in [-0.2, 0) is 5.41 Å². The van der Waals surface area contributed by atoms with Gasteiger partial charge in [-0.15, -0.1) is 0 Å². The van der Waals surface area contributed by atoms with Crippen LogP contribution in [0.25, 0.3) is 99.1 Å². The van der Waals surface area contributed by atoms with Crippen molar-refractivity contribution in [3.05, 3.63) is 320 Å². The van der Waals surface area contributed by atoms with Gasteiger partial charge in [0.05, 0.1) is 16.8 Å². The zero-order valence-electron chi connectivity index (χ0n) is 42.1. The maximum atomic E-state index is 6.79. The molecule has 15 rings (SSSR count). The number of hydrogen-bond acceptors (Lipinski definition) is 2. The van der Waals surface area contributed by atoms with E-state index < -0.39 is 5.41 Å². The average Bonchev–Trinajstić information content (AvgIpc) is 4.17. The molecule has 0 spiro atoms. The van der Waals surface area contributed by atoms with Crippen molar-refractivity contribution >= 4 is 60.5 Å². The van der Waals surface area contributed by atoms with Gasteiger partial charge in [-0.25, -0.2) is 0 Å². The van der Waals surface area contributed by atoms with Crippen molar-refractivity contribution in [3.8, 4) is 55.6 Å². The number of hydrogen-bond donors (Lipinski definition) is 0. The molecule has 2 nitrogen and oxygen atoms in total. The number of anilines is 3. The molecule has 0 radical (unpaired) electrons. The fourth-order valence-electron chi connectivity index (χ4n) is 12.7. The van der Waals surface area contributed by atoms with Crippen LogP contribution in [0.5, 0.6) is 0 Å². The molecule has 1 aliphatic rings. The maximum absolute atomic E-state index is 6.79. The van der Waals surface area contributed by atoms with E-state index in [0.29, 0.717) is 0 Å². The van der Waals surface area contributed by atoms with Crippen LogP contribution in [0.4, 0.5) is 17.1 Å². The summed E-state index contributed by atoms with van der Waals surface area (Å²) < 4.78 is 6.79. The molecule has 1 aliphatic carbocycles. The second-order valence-corrected chi connectivity index (χ2v) is 20.3. The van der Waals surface area contributed by atoms with Gasteiger partial charge in [0.25, 0.3) is 0 Å². The SMILES string of the molecule is c1ccc(-c2ccc(-c3cccc(N(c4ccc5c(c4)C(c4ccccc4)(c4ccccc4)c4ccccc4-5)c4ccc(-c5ccccc5)c5ccccc45)c3-c3ccc4oc5c6ccccc6ccc5c4c3)cc2)cc1. The number of nitrogens with zero attached hydrogens (tertiary/aromatic N) is 1. The molecule has 0 aliphatic heterocycles. The minimum absolute atomic E-state index is 0.599. The summed E-state index contributed by atoms with van der Waals surface area (Å²) >= 11 is 0. The molecular weight excluding hydrogens is 931 g/mol. The zero-order chi connectivity index (χ0) is 50.9. The van der Waals surface area contributed by atoms with Crippen molar-refractivity contribution in [2.45, 2.75) is 5.41 Å². The minimum Gasteiger partial charge on any atom is -0.455 e. The highest BCUT2D eigenvalue weighted by atomic mass is 16.3. The Bertz CT molecular complexity index is 4500. The Kier molecular flexibility index (Phi) is 10.5. The first-order valence-corrected chi connectivity index (χ1v) is 26.6. The molecule has 0 saturated carbocycles. The molecular formula is C75H49NO. The van der Waals surface area contributed by atoms with E-state index in [2.05, 4.69) is 302 Å². The monoisotopic (exact) mass is 979 g/mol. The molecule has 0 atom stereocenters. The van der Waals surface area contributed by atoms with Gasteiger partial charge in [-0.05, 0) is 126 Å². The number of furan rings is 1. The van der Waals surface area contributed by atoms with Crippen molar-refractivity contribution in [3.63, 3.8) is 0 Å². The molecule has 2 heteroatoms. The van der Waals surface area contributed by atoms with Crippen molar-refractivity contribution in [1.82, 2.24) is 0 Å². The topological polar surface area (TPSA) is 16.4 Å². The molecule has 0 saturated heterocycles. The fourth-order valence-corrected chi connectivity index (χ4v) is 12.7. The highest BCUT2D eigenvalue weighted by Gasteiger charge is 2.46. The Morgan fingerprint density at radius 1 is 0.286 bits per heavy atom. The molecule has 1 heterocycles. The predicted molar refractivity (Wildman–Crippen MR) is 322 cm³/mol. The van der Waals surface area contributed by atoms with E-state index in [9.17, 15) is 0 Å². The third-order valence-corrected chi connectivity index (χ3v) is 16.2. The van der Waals surface area contributed by atoms with Gasteiger partial charge in [0.15, 0.2) is 0 Å². The molecule has 13 aromatic carbocycles. The Hall–Kier alpha value is -10.0. The summed E-state index contributed by atoms with van der Waals surface area (Å²) in [4.78, 5) is 2.55. The van der Waals surface area contributed by atoms with Crippen molar-refractivity contribution in [2.75, 3.05) is 4.90 Å². The largest absolute Gasteiger partial charge is 0.455 e. The van der Waals surface area contributed by atoms with Gasteiger partial charge in [0, 0.05) is 32.8 Å². The van der Waals surface area contributed by atoms with E-state index in [1.54, 1.807) is 0 Å². The molecule has 14 aromatic rings. The molecule has 0 bridgehead atoms. The third-order valence-electron chi connectivity index (χ3n) is 16.2. The zero-order valence-corrected chi connectivity index (χ0v) is 42.1. The van der Waals surface area contributed by atoms with Gasteiger partial charge < -0.3 is 9.32 Å². The van der Waals surface area contributed by atoms with E-state index in [-0.39, 0.29) is 0 Å². The Balaban J connectivity index is 1.04. The fraction of sp³-hybridized carbons (Fsp3) is 0.0133. The third kappa shape index (κ3) is 7.10. The van der Waals surface area contributed by atoms with Crippen LogP contribution in [0.15, 0.2) is 302 Å². The van der Waals surface area contributed by atoms with Gasteiger partial charge in [0.1, 0.15) is 11.2 Å². The summed E-state index contributed by atoms with van der Waals surface area (Å²) in [7, 11) is 0. The van der Waals surface area contributed by atoms with Crippen LogP contribution in [0, 0.1) is 0 Å². The lowest BCUT2D eigenvalue weighted by Crippen LogP contribution is -2.28. The molecule has 1 aromatic heterocycles. The van der Waals surface area contributed by atoms with Gasteiger partial charge in [-0.1, -0.05) is 255 Å². The summed E-state index contributed by atoms with van der Waals surface area (Å²) in [5.74, 6) is 0. The van der Waals surface area contributed by atoms with Gasteiger partial charge in [0.2, 0.25) is 0 Å². The number of rotatable bonds is 9. The van der Waals surface area contributed by atoms with Crippen LogP contribution in [-0.4, -0.2) is 0 Å². The molecule has 0 unspecified atom stereocenters. The van der Waals surface area contributed by atoms with Gasteiger partial charge in [-0.3, -0.25) is 0 Å². The summed E-state index contributed by atoms with van der Waals surface area (Å²) in [5.41, 5.74) is 21.1. The number of fused-ring (bicyclic) bond motifs is 9. The molecule has 0 amide bonds. The Morgan fingerprint density at radius 2 is 0.844 bits per heavy atom. The molecule has 0 N–H and O–H groups in total. The van der Waals surface area contributed by atoms with E-state index in [4.69, 9.17) is 4.42 Å². The van der Waals surface area contributed by atoms with Crippen molar-refractivity contribution < 1.29 is 4.42 Å². The lowest BCUT2D eigenvalue weighted by molar-refractivity contribution is 0.672. The lowest BCUT2D eigenvalue weighted by Gasteiger charge is -2.35. The first-order valence-electron chi connectivity index (χ1n) is 26.6. The summed E-state index contributed by atoms with van der Waals surface area (Å²) in [5, 5.41) is 6.79. The molecule has 0 fully saturated rings. The number of benzene rings is 13. The quantitative estimate of drug-likeness (QED) is 0.143. The predicted octanol–water partition coefficient (Wildman–Crippen LogP) is 20.4. The second kappa shape index (κ2) is 18.1. The highest BCUT2D eigenvalue weighted by Crippen LogP contribution is 2.58. The Labute approximate surface area is 448 Å². The average molecular weight is 980 g/mol. The highest BCUT2D eigenvalue weighted by molar-refractivity contribution is 6.16. The van der Waals surface area contributed by atoms with Crippen LogP contribution >= 0.6 is 0 Å². The van der Waals surface area contributed by atoms with E-state index >= 15 is 0 Å². The van der Waals surface area contributed by atoms with E-state index in [1.807, 2.05) is 0 Å². The molecule has 77 heavy (non-hydrogen) atoms. The summed E-state index contributed by atoms with van der Waals surface area (Å²) in [6, 6.07) is 109. The molecule has 360 valence electrons. The Morgan fingerprint density at radius 3 is 1.60 bits per heavy atom. The normalized spacial score (nSPS) is 12.5. The minimum atomic E-state index is -0.599. The first-order chi connectivity index (χ1) is 38.2. The van der Waals surface area contributed by atoms with Crippen LogP contribution < -0.4 is 4.90 Å². The summed E-state index contributed by atoms with van der Waals surface area (Å²) in [6.07, 6.45) is 0. The van der Waals surface area contributed by atoms with E-state index in [0.717, 1.165) is 77.4 Å². The van der Waals surface area contributed by atoms with Crippen molar-refractivity contribution in [2.24, 2.45) is 0 Å². The smallest absolute Gasteiger partial charge is 0.143 e. The van der Waals surface area contributed by atoms with Crippen molar-refractivity contribution in [1.29, 1.82) is 0 Å². The van der Waals surface area contributed by atoms with Gasteiger partial charge in [-0.2, -0.15) is 0 Å². The van der Waals surface area contributed by atoms with Gasteiger partial charge >= 0.3 is 0 Å². The van der Waals surface area contributed by atoms with Crippen LogP contribution in [0.3, 0.4) is 0 Å². The van der Waals surface area contributed by atoms with Crippen LogP contribution in [0.1, 0.15) is 22.3 Å². The lowest BCUT2D eigenvalue weighted by atomic mass is 9.67. The van der Waals surface area contributed by atoms with E-state index in [1.165, 1.54) is 61.0 Å². The summed E-state index contributed by atoms with van der Waals surface area (Å²) in [6.45, 7) is 0. The van der Waals surface area contributed by atoms with Crippen LogP contribution in [0.2, 0.25) is 0 Å². The standard InChI is InChI=1S/C75H49NO/c1-5-20-50(21-6-1)51-36-38-54(39-37-51)60-33-19-35-71(73(60)55-41-47-72-67(48-55)66-43-40-53-24-13-14-29-61(53)74(66)77-72)76(70-46-45-59(52-22-7-2-8-23-52)62-30-15-16-32-65(62)70)58-42-44-64-63-31-17-18-34-68(63)75(69(64)49-58,56-25-9-3-10-26-56)57-27-11-4-12-28-57/h1-49H. The maximum Gasteiger partial charge on any atom is 0.143 e. The first kappa shape index (κ1) is 44.5. The second-order valence-electron chi connectivity index (χ2n) is 20.3.